The molecule has 3 heteroatoms. The molecule has 0 saturated carbocycles. The molecule has 0 aromatic heterocycles. The minimum Gasteiger partial charge on any atom is -0.488 e. The maximum absolute atomic E-state index is 5.88. The van der Waals surface area contributed by atoms with Crippen LogP contribution >= 0.6 is 0 Å². The van der Waals surface area contributed by atoms with E-state index >= 15 is 0 Å². The fourth-order valence-corrected chi connectivity index (χ4v) is 2.56. The molecule has 0 aliphatic carbocycles. The van der Waals surface area contributed by atoms with Crippen LogP contribution in [0.1, 0.15) is 12.0 Å². The SMILES string of the molecule is c1ccc2c(c1)CC(CNCC1CCOC1)O2. The first kappa shape index (κ1) is 11.1. The van der Waals surface area contributed by atoms with Crippen molar-refractivity contribution in [3.63, 3.8) is 0 Å². The van der Waals surface area contributed by atoms with Gasteiger partial charge in [0, 0.05) is 26.1 Å². The first-order chi connectivity index (χ1) is 8.42. The summed E-state index contributed by atoms with van der Waals surface area (Å²) in [5.41, 5.74) is 1.34. The van der Waals surface area contributed by atoms with Crippen molar-refractivity contribution < 1.29 is 9.47 Å². The molecule has 0 bridgehead atoms. The molecule has 1 aromatic rings. The predicted octanol–water partition coefficient (Wildman–Crippen LogP) is 1.62. The number of fused-ring (bicyclic) bond motifs is 1. The van der Waals surface area contributed by atoms with E-state index in [1.54, 1.807) is 0 Å². The van der Waals surface area contributed by atoms with Gasteiger partial charge in [-0.25, -0.2) is 0 Å². The van der Waals surface area contributed by atoms with Crippen molar-refractivity contribution in [1.82, 2.24) is 5.32 Å². The number of hydrogen-bond donors (Lipinski definition) is 1. The molecule has 1 aromatic carbocycles. The Hall–Kier alpha value is -1.06. The van der Waals surface area contributed by atoms with Crippen LogP contribution in [0.3, 0.4) is 0 Å². The van der Waals surface area contributed by atoms with E-state index in [9.17, 15) is 0 Å². The number of rotatable bonds is 4. The van der Waals surface area contributed by atoms with Gasteiger partial charge < -0.3 is 14.8 Å². The van der Waals surface area contributed by atoms with E-state index < -0.39 is 0 Å². The predicted molar refractivity (Wildman–Crippen MR) is 66.4 cm³/mol. The second kappa shape index (κ2) is 5.07. The van der Waals surface area contributed by atoms with Gasteiger partial charge in [0.15, 0.2) is 0 Å². The second-order valence-corrected chi connectivity index (χ2v) is 4.94. The molecule has 1 saturated heterocycles. The highest BCUT2D eigenvalue weighted by Crippen LogP contribution is 2.27. The first-order valence-corrected chi connectivity index (χ1v) is 6.45. The molecule has 2 aliphatic rings. The highest BCUT2D eigenvalue weighted by atomic mass is 16.5. The van der Waals surface area contributed by atoms with Crippen LogP contribution in [0.2, 0.25) is 0 Å². The highest BCUT2D eigenvalue weighted by Gasteiger charge is 2.22. The topological polar surface area (TPSA) is 30.5 Å². The Labute approximate surface area is 102 Å². The number of hydrogen-bond acceptors (Lipinski definition) is 3. The Morgan fingerprint density at radius 1 is 1.24 bits per heavy atom. The molecule has 3 nitrogen and oxygen atoms in total. The fourth-order valence-electron chi connectivity index (χ4n) is 2.56. The molecule has 0 radical (unpaired) electrons. The fraction of sp³-hybridized carbons (Fsp3) is 0.571. The lowest BCUT2D eigenvalue weighted by molar-refractivity contribution is 0.182. The van der Waals surface area contributed by atoms with Gasteiger partial charge in [-0.3, -0.25) is 0 Å². The van der Waals surface area contributed by atoms with Gasteiger partial charge in [-0.1, -0.05) is 18.2 Å². The van der Waals surface area contributed by atoms with Crippen LogP contribution in [0, 0.1) is 5.92 Å². The summed E-state index contributed by atoms with van der Waals surface area (Å²) in [5.74, 6) is 1.75. The zero-order chi connectivity index (χ0) is 11.5. The first-order valence-electron chi connectivity index (χ1n) is 6.45. The molecular weight excluding hydrogens is 214 g/mol. The van der Waals surface area contributed by atoms with E-state index in [1.165, 1.54) is 12.0 Å². The molecule has 17 heavy (non-hydrogen) atoms. The summed E-state index contributed by atoms with van der Waals surface area (Å²) in [6, 6.07) is 8.32. The van der Waals surface area contributed by atoms with Crippen molar-refractivity contribution in [2.75, 3.05) is 26.3 Å². The maximum atomic E-state index is 5.88. The molecule has 2 heterocycles. The van der Waals surface area contributed by atoms with E-state index in [0.717, 1.165) is 38.5 Å². The summed E-state index contributed by atoms with van der Waals surface area (Å²) in [6.07, 6.45) is 2.53. The van der Waals surface area contributed by atoms with E-state index in [-0.39, 0.29) is 0 Å². The van der Waals surface area contributed by atoms with Gasteiger partial charge in [0.1, 0.15) is 11.9 Å². The Kier molecular flexibility index (Phi) is 3.29. The number of ether oxygens (including phenoxy) is 2. The van der Waals surface area contributed by atoms with Gasteiger partial charge in [0.05, 0.1) is 6.61 Å². The molecule has 1 fully saturated rings. The van der Waals surface area contributed by atoms with Crippen molar-refractivity contribution in [1.29, 1.82) is 0 Å². The van der Waals surface area contributed by atoms with Crippen molar-refractivity contribution in [3.8, 4) is 5.75 Å². The molecule has 1 N–H and O–H groups in total. The van der Waals surface area contributed by atoms with Crippen molar-refractivity contribution >= 4 is 0 Å². The molecule has 3 rings (SSSR count). The van der Waals surface area contributed by atoms with Gasteiger partial charge in [-0.2, -0.15) is 0 Å². The van der Waals surface area contributed by atoms with Gasteiger partial charge in [0.25, 0.3) is 0 Å². The van der Waals surface area contributed by atoms with E-state index in [0.29, 0.717) is 12.0 Å². The third-order valence-electron chi connectivity index (χ3n) is 3.54. The normalized spacial score (nSPS) is 26.8. The van der Waals surface area contributed by atoms with Crippen LogP contribution in [-0.2, 0) is 11.2 Å². The standard InChI is InChI=1S/C14H19NO2/c1-2-4-14-12(3-1)7-13(17-14)9-15-8-11-5-6-16-10-11/h1-4,11,13,15H,5-10H2. The third kappa shape index (κ3) is 2.61. The van der Waals surface area contributed by atoms with Gasteiger partial charge in [-0.05, 0) is 24.0 Å². The summed E-state index contributed by atoms with van der Waals surface area (Å²) in [7, 11) is 0. The number of nitrogens with one attached hydrogen (secondary N) is 1. The lowest BCUT2D eigenvalue weighted by Crippen LogP contribution is -2.33. The largest absolute Gasteiger partial charge is 0.488 e. The molecule has 2 unspecified atom stereocenters. The van der Waals surface area contributed by atoms with Crippen molar-refractivity contribution in [2.45, 2.75) is 18.9 Å². The maximum Gasteiger partial charge on any atom is 0.123 e. The summed E-state index contributed by atoms with van der Waals surface area (Å²) >= 11 is 0. The zero-order valence-corrected chi connectivity index (χ0v) is 10.0. The van der Waals surface area contributed by atoms with Crippen LogP contribution in [-0.4, -0.2) is 32.4 Å². The Morgan fingerprint density at radius 3 is 3.00 bits per heavy atom. The molecule has 92 valence electrons. The van der Waals surface area contributed by atoms with E-state index in [4.69, 9.17) is 9.47 Å². The Bertz CT molecular complexity index is 349. The van der Waals surface area contributed by atoms with E-state index in [2.05, 4.69) is 23.5 Å². The molecule has 0 spiro atoms. The number of para-hydroxylation sites is 1. The lowest BCUT2D eigenvalue weighted by Gasteiger charge is -2.14. The smallest absolute Gasteiger partial charge is 0.123 e. The van der Waals surface area contributed by atoms with Crippen LogP contribution in [0.15, 0.2) is 24.3 Å². The lowest BCUT2D eigenvalue weighted by atomic mass is 10.1. The Balaban J connectivity index is 1.43. The molecule has 0 amide bonds. The van der Waals surface area contributed by atoms with Gasteiger partial charge >= 0.3 is 0 Å². The molecular formula is C14H19NO2. The minimum absolute atomic E-state index is 0.301. The highest BCUT2D eigenvalue weighted by molar-refractivity contribution is 5.37. The average Bonchev–Trinajstić information content (AvgIpc) is 2.96. The zero-order valence-electron chi connectivity index (χ0n) is 10.0. The molecule has 2 aliphatic heterocycles. The van der Waals surface area contributed by atoms with Gasteiger partial charge in [0.2, 0.25) is 0 Å². The summed E-state index contributed by atoms with van der Waals surface area (Å²) in [6.45, 7) is 3.83. The van der Waals surface area contributed by atoms with Crippen LogP contribution < -0.4 is 10.1 Å². The average molecular weight is 233 g/mol. The van der Waals surface area contributed by atoms with Gasteiger partial charge in [-0.15, -0.1) is 0 Å². The third-order valence-corrected chi connectivity index (χ3v) is 3.54. The van der Waals surface area contributed by atoms with Crippen LogP contribution in [0.4, 0.5) is 0 Å². The second-order valence-electron chi connectivity index (χ2n) is 4.94. The summed E-state index contributed by atoms with van der Waals surface area (Å²) < 4.78 is 11.2. The molecule has 2 atom stereocenters. The minimum atomic E-state index is 0.301. The Morgan fingerprint density at radius 2 is 2.18 bits per heavy atom. The van der Waals surface area contributed by atoms with Crippen LogP contribution in [0.5, 0.6) is 5.75 Å². The van der Waals surface area contributed by atoms with Crippen LogP contribution in [0.25, 0.3) is 0 Å². The van der Waals surface area contributed by atoms with E-state index in [1.807, 2.05) is 6.07 Å². The number of benzene rings is 1. The van der Waals surface area contributed by atoms with Crippen molar-refractivity contribution in [2.24, 2.45) is 5.92 Å². The summed E-state index contributed by atoms with van der Waals surface area (Å²) in [5, 5.41) is 3.50. The summed E-state index contributed by atoms with van der Waals surface area (Å²) in [4.78, 5) is 0. The monoisotopic (exact) mass is 233 g/mol. The van der Waals surface area contributed by atoms with Crippen molar-refractivity contribution in [3.05, 3.63) is 29.8 Å². The quantitative estimate of drug-likeness (QED) is 0.857.